The molecule has 0 spiro atoms. The zero-order valence-electron chi connectivity index (χ0n) is 48.5. The summed E-state index contributed by atoms with van der Waals surface area (Å²) in [6, 6.07) is 0. The number of ether oxygens (including phenoxy) is 2. The molecule has 8 N–H and O–H groups in total. The largest absolute Gasteiger partial charge is 0.388 e. The number of hydrogen-bond acceptors (Lipinski definition) is 10. The molecule has 0 heterocycles. The van der Waals surface area contributed by atoms with E-state index in [0.29, 0.717) is 47.3 Å². The third-order valence-electron chi connectivity index (χ3n) is 23.5. The maximum Gasteiger partial charge on any atom is 0.154 e. The summed E-state index contributed by atoms with van der Waals surface area (Å²) in [5, 5.41) is 78.5. The second-order valence-corrected chi connectivity index (χ2v) is 27.4. The summed E-state index contributed by atoms with van der Waals surface area (Å²) < 4.78 is 8.50. The predicted octanol–water partition coefficient (Wildman–Crippen LogP) is 12.2. The Morgan fingerprint density at radius 3 is 0.434 bits per heavy atom. The summed E-state index contributed by atoms with van der Waals surface area (Å²) >= 11 is 0. The van der Waals surface area contributed by atoms with E-state index in [2.05, 4.69) is 9.47 Å². The van der Waals surface area contributed by atoms with Crippen LogP contribution in [0.25, 0.3) is 0 Å². The van der Waals surface area contributed by atoms with Crippen molar-refractivity contribution in [1.82, 2.24) is 0 Å². The summed E-state index contributed by atoms with van der Waals surface area (Å²) in [7, 11) is 6.50. The van der Waals surface area contributed by atoms with Gasteiger partial charge in [0.2, 0.25) is 0 Å². The summed E-state index contributed by atoms with van der Waals surface area (Å²) in [5.41, 5.74) is 0. The minimum atomic E-state index is -1.06. The van der Waals surface area contributed by atoms with Gasteiger partial charge in [-0.15, -0.1) is 0 Å². The summed E-state index contributed by atoms with van der Waals surface area (Å²) in [6.07, 6.45) is 43.4. The van der Waals surface area contributed by atoms with Gasteiger partial charge in [0.15, 0.2) is 25.2 Å². The molecule has 0 aromatic rings. The quantitative estimate of drug-likeness (QED) is 0.126. The van der Waals surface area contributed by atoms with Crippen LogP contribution in [0, 0.1) is 118 Å². The minimum absolute atomic E-state index is 0. The van der Waals surface area contributed by atoms with Crippen LogP contribution in [0.4, 0.5) is 0 Å². The monoisotopic (exact) mass is 1150 g/mol. The molecular formula is C64H116Cr2O10. The van der Waals surface area contributed by atoms with Gasteiger partial charge in [-0.25, -0.2) is 0 Å². The summed E-state index contributed by atoms with van der Waals surface area (Å²) in [5.74, 6) is 12.1. The van der Waals surface area contributed by atoms with Gasteiger partial charge < -0.3 is 50.3 Å². The van der Waals surface area contributed by atoms with E-state index >= 15 is 0 Å². The van der Waals surface area contributed by atoms with Crippen molar-refractivity contribution in [3.05, 3.63) is 0 Å². The van der Waals surface area contributed by atoms with Crippen LogP contribution >= 0.6 is 0 Å². The van der Waals surface area contributed by atoms with Crippen LogP contribution in [0.2, 0.25) is 0 Å². The Balaban J connectivity index is 0.000000179. The molecule has 76 heavy (non-hydrogen) atoms. The zero-order chi connectivity index (χ0) is 52.7. The Bertz CT molecular complexity index is 1230. The van der Waals surface area contributed by atoms with Crippen molar-refractivity contribution in [3.8, 4) is 0 Å². The molecule has 16 atom stereocenters. The number of fused-ring (bicyclic) bond motifs is 8. The molecule has 0 aliphatic heterocycles. The number of aliphatic hydroxyl groups excluding tert-OH is 4. The van der Waals surface area contributed by atoms with Gasteiger partial charge in [0.25, 0.3) is 0 Å². The molecule has 0 amide bonds. The average molecular weight is 1150 g/mol. The van der Waals surface area contributed by atoms with Gasteiger partial charge in [-0.3, -0.25) is 0 Å². The SMILES string of the molecule is COC.COC.OC(O)C1C2CCCCC2CC2CCCCC21.OC(O)C1C2CCCCC2CC2CCCCC21.OC(O)C1C2CCCCC2CC2CCCCC21.OC(O)C1C2CCCCC2CC2CCCCC21.[Cr].[Cr]. The first-order valence-corrected chi connectivity index (χ1v) is 32.2. The molecule has 0 aromatic carbocycles. The molecule has 12 fully saturated rings. The topological polar surface area (TPSA) is 180 Å². The Morgan fingerprint density at radius 2 is 0.329 bits per heavy atom. The Kier molecular flexibility index (Phi) is 30.6. The van der Waals surface area contributed by atoms with Crippen LogP contribution in [0.5, 0.6) is 0 Å². The molecule has 12 heteroatoms. The third-order valence-corrected chi connectivity index (χ3v) is 23.5. The van der Waals surface area contributed by atoms with E-state index in [4.69, 9.17) is 0 Å². The van der Waals surface area contributed by atoms with Gasteiger partial charge in [0.1, 0.15) is 0 Å². The summed E-state index contributed by atoms with van der Waals surface area (Å²) in [6.45, 7) is 0. The van der Waals surface area contributed by atoms with E-state index in [9.17, 15) is 40.9 Å². The molecule has 16 unspecified atom stereocenters. The molecule has 0 radical (unpaired) electrons. The molecular weight excluding hydrogens is 1030 g/mol. The van der Waals surface area contributed by atoms with E-state index in [1.165, 1.54) is 231 Å². The van der Waals surface area contributed by atoms with Gasteiger partial charge in [-0.05, 0) is 172 Å². The van der Waals surface area contributed by atoms with Gasteiger partial charge in [-0.1, -0.05) is 154 Å². The molecule has 444 valence electrons. The van der Waals surface area contributed by atoms with E-state index in [-0.39, 0.29) is 58.4 Å². The van der Waals surface area contributed by atoms with E-state index in [1.807, 2.05) is 0 Å². The van der Waals surface area contributed by atoms with Gasteiger partial charge in [0, 0.05) is 86.8 Å². The molecule has 12 aliphatic carbocycles. The molecule has 12 saturated carbocycles. The first kappa shape index (κ1) is 67.5. The van der Waals surface area contributed by atoms with Crippen LogP contribution in [0.3, 0.4) is 0 Å². The van der Waals surface area contributed by atoms with E-state index in [0.717, 1.165) is 47.3 Å². The normalized spacial score (nSPS) is 42.0. The van der Waals surface area contributed by atoms with Crippen molar-refractivity contribution in [2.45, 2.75) is 256 Å². The van der Waals surface area contributed by atoms with Crippen molar-refractivity contribution < 1.29 is 85.0 Å². The number of methoxy groups -OCH3 is 2. The number of rotatable bonds is 4. The van der Waals surface area contributed by atoms with Gasteiger partial charge >= 0.3 is 0 Å². The van der Waals surface area contributed by atoms with Crippen molar-refractivity contribution in [2.75, 3.05) is 28.4 Å². The fraction of sp³-hybridized carbons (Fsp3) is 1.00. The molecule has 0 bridgehead atoms. The zero-order valence-corrected chi connectivity index (χ0v) is 51.1. The molecule has 0 saturated heterocycles. The van der Waals surface area contributed by atoms with E-state index in [1.54, 1.807) is 28.4 Å². The fourth-order valence-electron chi connectivity index (χ4n) is 20.9. The molecule has 0 aromatic heterocycles. The van der Waals surface area contributed by atoms with E-state index < -0.39 is 25.2 Å². The van der Waals surface area contributed by atoms with Crippen LogP contribution in [0.15, 0.2) is 0 Å². The Labute approximate surface area is 485 Å². The van der Waals surface area contributed by atoms with Crippen molar-refractivity contribution >= 4 is 0 Å². The van der Waals surface area contributed by atoms with Crippen LogP contribution in [-0.2, 0) is 44.2 Å². The van der Waals surface area contributed by atoms with Crippen LogP contribution < -0.4 is 0 Å². The van der Waals surface area contributed by atoms with Crippen molar-refractivity contribution in [1.29, 1.82) is 0 Å². The van der Waals surface area contributed by atoms with Crippen molar-refractivity contribution in [2.24, 2.45) is 118 Å². The molecule has 12 aliphatic rings. The maximum atomic E-state index is 9.81. The minimum Gasteiger partial charge on any atom is -0.388 e. The average Bonchev–Trinajstić information content (AvgIpc) is 3.40. The predicted molar refractivity (Wildman–Crippen MR) is 295 cm³/mol. The standard InChI is InChI=1S/4C15H26O2.2C2H6O.2Cr/c4*16-15(17)14-12-7-3-1-5-10(12)9-11-6-2-4-8-13(11)14;2*1-3-2;;/h4*10-17H,1-9H2;2*1-2H3;;. The fourth-order valence-corrected chi connectivity index (χ4v) is 20.9. The third kappa shape index (κ3) is 17.4. The molecule has 12 rings (SSSR count). The van der Waals surface area contributed by atoms with Gasteiger partial charge in [-0.2, -0.15) is 0 Å². The van der Waals surface area contributed by atoms with Crippen LogP contribution in [-0.4, -0.2) is 94.5 Å². The van der Waals surface area contributed by atoms with Crippen LogP contribution in [0.1, 0.15) is 231 Å². The first-order valence-electron chi connectivity index (χ1n) is 32.2. The first-order chi connectivity index (χ1) is 35.9. The Hall–Kier alpha value is 0.665. The maximum absolute atomic E-state index is 9.81. The number of aliphatic hydroxyl groups is 8. The van der Waals surface area contributed by atoms with Crippen molar-refractivity contribution in [3.63, 3.8) is 0 Å². The second-order valence-electron chi connectivity index (χ2n) is 27.4. The summed E-state index contributed by atoms with van der Waals surface area (Å²) in [4.78, 5) is 0. The number of hydrogen-bond donors (Lipinski definition) is 8. The Morgan fingerprint density at radius 1 is 0.224 bits per heavy atom. The smallest absolute Gasteiger partial charge is 0.154 e. The second kappa shape index (κ2) is 34.4. The molecule has 10 nitrogen and oxygen atoms in total. The van der Waals surface area contributed by atoms with Gasteiger partial charge in [0.05, 0.1) is 0 Å².